The molecule has 1 aromatic carbocycles. The van der Waals surface area contributed by atoms with E-state index in [1.54, 1.807) is 17.0 Å². The molecule has 1 N–H and O–H groups in total. The highest BCUT2D eigenvalue weighted by molar-refractivity contribution is 6.31. The average molecular weight is 281 g/mol. The van der Waals surface area contributed by atoms with E-state index in [1.165, 1.54) is 6.92 Å². The molecule has 0 aliphatic heterocycles. The van der Waals surface area contributed by atoms with Gasteiger partial charge >= 0.3 is 0 Å². The third-order valence-electron chi connectivity index (χ3n) is 3.16. The molecule has 1 aromatic rings. The number of nitrogens with one attached hydrogen (secondary N) is 1. The van der Waals surface area contributed by atoms with Crippen LogP contribution in [0.25, 0.3) is 0 Å². The molecule has 0 radical (unpaired) electrons. The van der Waals surface area contributed by atoms with E-state index in [1.807, 2.05) is 13.0 Å². The number of carbonyl (C=O) groups excluding carboxylic acids is 2. The number of hydrogen-bond donors (Lipinski definition) is 1. The van der Waals surface area contributed by atoms with Crippen molar-refractivity contribution in [2.45, 2.75) is 32.7 Å². The van der Waals surface area contributed by atoms with Gasteiger partial charge in [-0.2, -0.15) is 0 Å². The van der Waals surface area contributed by atoms with Crippen molar-refractivity contribution < 1.29 is 9.59 Å². The fourth-order valence-corrected chi connectivity index (χ4v) is 2.09. The highest BCUT2D eigenvalue weighted by Gasteiger charge is 2.31. The Bertz CT molecular complexity index is 512. The van der Waals surface area contributed by atoms with Crippen molar-refractivity contribution >= 4 is 29.1 Å². The Balaban J connectivity index is 1.96. The Hall–Kier alpha value is -1.55. The van der Waals surface area contributed by atoms with Crippen LogP contribution in [0.15, 0.2) is 18.2 Å². The largest absolute Gasteiger partial charge is 0.331 e. The molecular weight excluding hydrogens is 264 g/mol. The summed E-state index contributed by atoms with van der Waals surface area (Å²) in [4.78, 5) is 25.0. The van der Waals surface area contributed by atoms with E-state index < -0.39 is 0 Å². The Morgan fingerprint density at radius 3 is 2.63 bits per heavy atom. The fourth-order valence-electron chi connectivity index (χ4n) is 1.91. The van der Waals surface area contributed by atoms with E-state index in [0.29, 0.717) is 10.7 Å². The van der Waals surface area contributed by atoms with Gasteiger partial charge in [-0.05, 0) is 37.5 Å². The first-order valence-corrected chi connectivity index (χ1v) is 6.68. The predicted octanol–water partition coefficient (Wildman–Crippen LogP) is 2.60. The van der Waals surface area contributed by atoms with Gasteiger partial charge in [0.25, 0.3) is 0 Å². The molecule has 1 fully saturated rings. The molecular formula is C14H17ClN2O2. The summed E-state index contributed by atoms with van der Waals surface area (Å²) in [6.07, 6.45) is 1.98. The molecule has 1 aliphatic rings. The average Bonchev–Trinajstić information content (AvgIpc) is 3.14. The number of aryl methyl sites for hydroxylation is 1. The topological polar surface area (TPSA) is 49.4 Å². The Morgan fingerprint density at radius 2 is 2.11 bits per heavy atom. The SMILES string of the molecule is CC(=O)N(CC(=O)Nc1ccc(C)c(Cl)c1)C1CC1. The van der Waals surface area contributed by atoms with Crippen molar-refractivity contribution in [2.75, 3.05) is 11.9 Å². The maximum atomic E-state index is 11.9. The molecule has 1 aliphatic carbocycles. The lowest BCUT2D eigenvalue weighted by Crippen LogP contribution is -2.38. The predicted molar refractivity (Wildman–Crippen MR) is 75.2 cm³/mol. The monoisotopic (exact) mass is 280 g/mol. The minimum atomic E-state index is -0.193. The third kappa shape index (κ3) is 3.70. The standard InChI is InChI=1S/C14H17ClN2O2/c1-9-3-4-11(7-13(9)15)16-14(19)8-17(10(2)18)12-5-6-12/h3-4,7,12H,5-6,8H2,1-2H3,(H,16,19). The van der Waals surface area contributed by atoms with Crippen molar-refractivity contribution in [3.05, 3.63) is 28.8 Å². The first-order valence-electron chi connectivity index (χ1n) is 6.30. The molecule has 0 atom stereocenters. The van der Waals surface area contributed by atoms with Crippen LogP contribution in [0.3, 0.4) is 0 Å². The summed E-state index contributed by atoms with van der Waals surface area (Å²) in [5, 5.41) is 3.37. The van der Waals surface area contributed by atoms with Crippen LogP contribution in [-0.2, 0) is 9.59 Å². The first kappa shape index (κ1) is 13.9. The first-order chi connectivity index (χ1) is 8.97. The number of anilines is 1. The lowest BCUT2D eigenvalue weighted by Gasteiger charge is -2.19. The lowest BCUT2D eigenvalue weighted by atomic mass is 10.2. The van der Waals surface area contributed by atoms with Gasteiger partial charge in [-0.15, -0.1) is 0 Å². The van der Waals surface area contributed by atoms with Crippen LogP contribution in [0.5, 0.6) is 0 Å². The van der Waals surface area contributed by atoms with Crippen LogP contribution in [0.4, 0.5) is 5.69 Å². The van der Waals surface area contributed by atoms with Gasteiger partial charge in [-0.1, -0.05) is 17.7 Å². The second-order valence-electron chi connectivity index (χ2n) is 4.89. The summed E-state index contributed by atoms with van der Waals surface area (Å²) in [5.74, 6) is -0.249. The summed E-state index contributed by atoms with van der Waals surface area (Å²) < 4.78 is 0. The van der Waals surface area contributed by atoms with E-state index in [0.717, 1.165) is 18.4 Å². The Morgan fingerprint density at radius 1 is 1.42 bits per heavy atom. The summed E-state index contributed by atoms with van der Waals surface area (Å²) in [6, 6.07) is 5.60. The van der Waals surface area contributed by atoms with Crippen LogP contribution < -0.4 is 5.32 Å². The molecule has 0 heterocycles. The highest BCUT2D eigenvalue weighted by atomic mass is 35.5. The molecule has 19 heavy (non-hydrogen) atoms. The van der Waals surface area contributed by atoms with E-state index in [-0.39, 0.29) is 24.4 Å². The van der Waals surface area contributed by atoms with Gasteiger partial charge in [0.2, 0.25) is 11.8 Å². The molecule has 0 bridgehead atoms. The third-order valence-corrected chi connectivity index (χ3v) is 3.57. The molecule has 1 saturated carbocycles. The van der Waals surface area contributed by atoms with Gasteiger partial charge < -0.3 is 10.2 Å². The number of hydrogen-bond acceptors (Lipinski definition) is 2. The Kier molecular flexibility index (Phi) is 4.10. The maximum absolute atomic E-state index is 11.9. The summed E-state index contributed by atoms with van der Waals surface area (Å²) in [6.45, 7) is 3.50. The zero-order valence-corrected chi connectivity index (χ0v) is 11.8. The molecule has 5 heteroatoms. The van der Waals surface area contributed by atoms with Gasteiger partial charge in [0.15, 0.2) is 0 Å². The zero-order valence-electron chi connectivity index (χ0n) is 11.1. The summed E-state index contributed by atoms with van der Waals surface area (Å²) >= 11 is 6.00. The van der Waals surface area contributed by atoms with Crippen molar-refractivity contribution in [1.29, 1.82) is 0 Å². The molecule has 2 amide bonds. The minimum Gasteiger partial charge on any atom is -0.331 e. The maximum Gasteiger partial charge on any atom is 0.244 e. The summed E-state index contributed by atoms with van der Waals surface area (Å²) in [7, 11) is 0. The molecule has 102 valence electrons. The Labute approximate surface area is 117 Å². The van der Waals surface area contributed by atoms with Gasteiger partial charge in [0.1, 0.15) is 6.54 Å². The number of halogens is 1. The van der Waals surface area contributed by atoms with E-state index in [9.17, 15) is 9.59 Å². The van der Waals surface area contributed by atoms with E-state index in [2.05, 4.69) is 5.32 Å². The number of benzene rings is 1. The fraction of sp³-hybridized carbons (Fsp3) is 0.429. The molecule has 0 unspecified atom stereocenters. The normalized spacial score (nSPS) is 14.1. The van der Waals surface area contributed by atoms with Crippen molar-refractivity contribution in [3.63, 3.8) is 0 Å². The molecule has 2 rings (SSSR count). The van der Waals surface area contributed by atoms with Crippen molar-refractivity contribution in [1.82, 2.24) is 4.90 Å². The van der Waals surface area contributed by atoms with Gasteiger partial charge in [0, 0.05) is 23.7 Å². The van der Waals surface area contributed by atoms with Crippen LogP contribution >= 0.6 is 11.6 Å². The van der Waals surface area contributed by atoms with Crippen LogP contribution in [-0.4, -0.2) is 29.3 Å². The van der Waals surface area contributed by atoms with Crippen LogP contribution in [0.1, 0.15) is 25.3 Å². The van der Waals surface area contributed by atoms with Gasteiger partial charge in [0.05, 0.1) is 0 Å². The van der Waals surface area contributed by atoms with E-state index in [4.69, 9.17) is 11.6 Å². The second kappa shape index (κ2) is 5.61. The lowest BCUT2D eigenvalue weighted by molar-refractivity contribution is -0.133. The minimum absolute atomic E-state index is 0.0559. The number of amides is 2. The molecule has 0 aromatic heterocycles. The van der Waals surface area contributed by atoms with Crippen molar-refractivity contribution in [3.8, 4) is 0 Å². The van der Waals surface area contributed by atoms with Crippen LogP contribution in [0.2, 0.25) is 5.02 Å². The zero-order chi connectivity index (χ0) is 14.0. The quantitative estimate of drug-likeness (QED) is 0.922. The van der Waals surface area contributed by atoms with Crippen molar-refractivity contribution in [2.24, 2.45) is 0 Å². The van der Waals surface area contributed by atoms with Gasteiger partial charge in [-0.3, -0.25) is 9.59 Å². The molecule has 0 saturated heterocycles. The number of rotatable bonds is 4. The highest BCUT2D eigenvalue weighted by Crippen LogP contribution is 2.26. The molecule has 0 spiro atoms. The smallest absolute Gasteiger partial charge is 0.244 e. The second-order valence-corrected chi connectivity index (χ2v) is 5.30. The number of carbonyl (C=O) groups is 2. The number of nitrogens with zero attached hydrogens (tertiary/aromatic N) is 1. The van der Waals surface area contributed by atoms with Gasteiger partial charge in [-0.25, -0.2) is 0 Å². The molecule has 4 nitrogen and oxygen atoms in total. The van der Waals surface area contributed by atoms with E-state index >= 15 is 0 Å². The summed E-state index contributed by atoms with van der Waals surface area (Å²) in [5.41, 5.74) is 1.61. The van der Waals surface area contributed by atoms with Crippen LogP contribution in [0, 0.1) is 6.92 Å².